The lowest BCUT2D eigenvalue weighted by atomic mass is 10.2. The summed E-state index contributed by atoms with van der Waals surface area (Å²) in [6.07, 6.45) is -1.15. The van der Waals surface area contributed by atoms with Gasteiger partial charge in [0.05, 0.1) is 11.9 Å². The molecule has 1 atom stereocenters. The van der Waals surface area contributed by atoms with Crippen molar-refractivity contribution < 1.29 is 8.78 Å². The molecule has 0 aliphatic carbocycles. The second-order valence-electron chi connectivity index (χ2n) is 2.77. The largest absolute Gasteiger partial charge is 0.334 e. The van der Waals surface area contributed by atoms with E-state index in [1.54, 1.807) is 18.5 Å². The van der Waals surface area contributed by atoms with Crippen molar-refractivity contribution >= 4 is 0 Å². The molecule has 3 N–H and O–H groups in total. The summed E-state index contributed by atoms with van der Waals surface area (Å²) < 4.78 is 26.4. The summed E-state index contributed by atoms with van der Waals surface area (Å²) in [5, 5.41) is 0. The number of nitrogens with two attached hydrogens (primary N) is 1. The van der Waals surface area contributed by atoms with Crippen molar-refractivity contribution in [2.75, 3.05) is 0 Å². The van der Waals surface area contributed by atoms with Crippen molar-refractivity contribution in [3.8, 4) is 0 Å². The van der Waals surface area contributed by atoms with E-state index in [4.69, 9.17) is 5.84 Å². The van der Waals surface area contributed by atoms with Gasteiger partial charge in [-0.25, -0.2) is 19.2 Å². The fourth-order valence-corrected chi connectivity index (χ4v) is 1.10. The zero-order valence-corrected chi connectivity index (χ0v) is 7.46. The van der Waals surface area contributed by atoms with Crippen LogP contribution in [0.5, 0.6) is 0 Å². The fourth-order valence-electron chi connectivity index (χ4n) is 1.10. The summed E-state index contributed by atoms with van der Waals surface area (Å²) in [6.45, 7) is 1.74. The number of aromatic nitrogens is 2. The van der Waals surface area contributed by atoms with Crippen LogP contribution in [0.3, 0.4) is 0 Å². The van der Waals surface area contributed by atoms with Crippen LogP contribution in [0.4, 0.5) is 8.78 Å². The first kappa shape index (κ1) is 10.1. The van der Waals surface area contributed by atoms with Crippen LogP contribution in [0.25, 0.3) is 0 Å². The number of alkyl halides is 2. The number of hydrazine groups is 1. The summed E-state index contributed by atoms with van der Waals surface area (Å²) in [7, 11) is 1.67. The zero-order chi connectivity index (χ0) is 10.0. The van der Waals surface area contributed by atoms with Gasteiger partial charge in [-0.05, 0) is 6.92 Å². The number of halogens is 2. The Labute approximate surface area is 74.7 Å². The van der Waals surface area contributed by atoms with Crippen molar-refractivity contribution in [3.05, 3.63) is 17.7 Å². The number of hydrogen-bond acceptors (Lipinski definition) is 3. The Balaban J connectivity index is 2.98. The average molecular weight is 190 g/mol. The SMILES string of the molecule is Cc1ncc(C(NN)C(F)F)n1C. The average Bonchev–Trinajstić information content (AvgIpc) is 2.37. The molecule has 1 aromatic heterocycles. The van der Waals surface area contributed by atoms with Crippen LogP contribution in [0.1, 0.15) is 17.6 Å². The number of aryl methyl sites for hydroxylation is 1. The van der Waals surface area contributed by atoms with Crippen LogP contribution in [0.2, 0.25) is 0 Å². The topological polar surface area (TPSA) is 55.9 Å². The Hall–Kier alpha value is -1.01. The molecule has 0 fully saturated rings. The predicted molar refractivity (Wildman–Crippen MR) is 44.0 cm³/mol. The maximum atomic E-state index is 12.4. The molecule has 74 valence electrons. The normalized spacial score (nSPS) is 13.7. The molecular weight excluding hydrogens is 178 g/mol. The summed E-state index contributed by atoms with van der Waals surface area (Å²) in [4.78, 5) is 3.90. The van der Waals surface area contributed by atoms with E-state index in [2.05, 4.69) is 10.4 Å². The van der Waals surface area contributed by atoms with E-state index in [-0.39, 0.29) is 0 Å². The van der Waals surface area contributed by atoms with E-state index in [0.29, 0.717) is 11.5 Å². The Kier molecular flexibility index (Phi) is 2.94. The second-order valence-corrected chi connectivity index (χ2v) is 2.77. The highest BCUT2D eigenvalue weighted by molar-refractivity contribution is 5.09. The zero-order valence-electron chi connectivity index (χ0n) is 7.46. The monoisotopic (exact) mass is 190 g/mol. The van der Waals surface area contributed by atoms with Gasteiger partial charge < -0.3 is 4.57 Å². The van der Waals surface area contributed by atoms with Crippen LogP contribution in [-0.2, 0) is 7.05 Å². The molecule has 0 saturated heterocycles. The molecule has 1 aromatic rings. The quantitative estimate of drug-likeness (QED) is 0.539. The molecule has 1 unspecified atom stereocenters. The molecule has 0 bridgehead atoms. The Bertz CT molecular complexity index is 284. The van der Waals surface area contributed by atoms with E-state index >= 15 is 0 Å². The Morgan fingerprint density at radius 1 is 1.62 bits per heavy atom. The Morgan fingerprint density at radius 3 is 2.54 bits per heavy atom. The highest BCUT2D eigenvalue weighted by atomic mass is 19.3. The Morgan fingerprint density at radius 2 is 2.23 bits per heavy atom. The minimum Gasteiger partial charge on any atom is -0.334 e. The van der Waals surface area contributed by atoms with E-state index in [0.717, 1.165) is 0 Å². The minimum absolute atomic E-state index is 0.384. The molecule has 1 rings (SSSR count). The van der Waals surface area contributed by atoms with Crippen molar-refractivity contribution in [1.29, 1.82) is 0 Å². The van der Waals surface area contributed by atoms with Crippen molar-refractivity contribution in [3.63, 3.8) is 0 Å². The number of hydrogen-bond donors (Lipinski definition) is 2. The van der Waals surface area contributed by atoms with Gasteiger partial charge in [0.25, 0.3) is 6.43 Å². The molecule has 0 aliphatic rings. The molecule has 0 aromatic carbocycles. The number of nitrogens with zero attached hydrogens (tertiary/aromatic N) is 2. The van der Waals surface area contributed by atoms with Crippen molar-refractivity contribution in [2.24, 2.45) is 12.9 Å². The van der Waals surface area contributed by atoms with Crippen molar-refractivity contribution in [1.82, 2.24) is 15.0 Å². The van der Waals surface area contributed by atoms with Crippen LogP contribution in [0.15, 0.2) is 6.20 Å². The molecular formula is C7H12F2N4. The molecule has 0 spiro atoms. The molecule has 6 heteroatoms. The highest BCUT2D eigenvalue weighted by Crippen LogP contribution is 2.19. The standard InChI is InChI=1S/C7H12F2N4/c1-4-11-3-5(13(4)2)6(12-10)7(8)9/h3,6-7,12H,10H2,1-2H3. The smallest absolute Gasteiger partial charge is 0.260 e. The third-order valence-electron chi connectivity index (χ3n) is 2.01. The molecule has 0 aliphatic heterocycles. The first-order valence-electron chi connectivity index (χ1n) is 3.80. The van der Waals surface area contributed by atoms with Gasteiger partial charge in [-0.15, -0.1) is 0 Å². The van der Waals surface area contributed by atoms with Crippen LogP contribution >= 0.6 is 0 Å². The van der Waals surface area contributed by atoms with Gasteiger partial charge in [0.1, 0.15) is 11.9 Å². The fraction of sp³-hybridized carbons (Fsp3) is 0.571. The van der Waals surface area contributed by atoms with Gasteiger partial charge in [0, 0.05) is 7.05 Å². The first-order valence-corrected chi connectivity index (χ1v) is 3.80. The van der Waals surface area contributed by atoms with E-state index in [1.165, 1.54) is 6.20 Å². The van der Waals surface area contributed by atoms with Gasteiger partial charge in [-0.1, -0.05) is 0 Å². The summed E-state index contributed by atoms with van der Waals surface area (Å²) in [5.41, 5.74) is 2.45. The third kappa shape index (κ3) is 1.84. The van der Waals surface area contributed by atoms with Crippen LogP contribution < -0.4 is 11.3 Å². The van der Waals surface area contributed by atoms with Crippen molar-refractivity contribution in [2.45, 2.75) is 19.4 Å². The predicted octanol–water partition coefficient (Wildman–Crippen LogP) is 0.498. The molecule has 0 radical (unpaired) electrons. The van der Waals surface area contributed by atoms with E-state index in [1.807, 2.05) is 0 Å². The molecule has 4 nitrogen and oxygen atoms in total. The van der Waals surface area contributed by atoms with Gasteiger partial charge >= 0.3 is 0 Å². The molecule has 1 heterocycles. The van der Waals surface area contributed by atoms with E-state index < -0.39 is 12.5 Å². The van der Waals surface area contributed by atoms with Gasteiger partial charge in [-0.3, -0.25) is 5.84 Å². The molecule has 0 saturated carbocycles. The maximum Gasteiger partial charge on any atom is 0.260 e. The maximum absolute atomic E-state index is 12.4. The van der Waals surface area contributed by atoms with Crippen LogP contribution in [0, 0.1) is 6.92 Å². The van der Waals surface area contributed by atoms with E-state index in [9.17, 15) is 8.78 Å². The second kappa shape index (κ2) is 3.80. The number of rotatable bonds is 3. The molecule has 0 amide bonds. The van der Waals surface area contributed by atoms with Gasteiger partial charge in [-0.2, -0.15) is 0 Å². The lowest BCUT2D eigenvalue weighted by Gasteiger charge is -2.15. The summed E-state index contributed by atoms with van der Waals surface area (Å²) in [5.74, 6) is 5.69. The van der Waals surface area contributed by atoms with Gasteiger partial charge in [0.15, 0.2) is 0 Å². The summed E-state index contributed by atoms with van der Waals surface area (Å²) >= 11 is 0. The minimum atomic E-state index is -2.54. The third-order valence-corrected chi connectivity index (χ3v) is 2.01. The summed E-state index contributed by atoms with van der Waals surface area (Å²) in [6, 6.07) is -1.16. The lowest BCUT2D eigenvalue weighted by molar-refractivity contribution is 0.0953. The first-order chi connectivity index (χ1) is 6.07. The number of nitrogens with one attached hydrogen (secondary N) is 1. The lowest BCUT2D eigenvalue weighted by Crippen LogP contribution is -2.34. The molecule has 13 heavy (non-hydrogen) atoms. The highest BCUT2D eigenvalue weighted by Gasteiger charge is 2.24. The van der Waals surface area contributed by atoms with Gasteiger partial charge in [0.2, 0.25) is 0 Å². The van der Waals surface area contributed by atoms with Crippen LogP contribution in [-0.4, -0.2) is 16.0 Å². The number of imidazole rings is 1.